The number of rotatable bonds is 5. The minimum absolute atomic E-state index is 0.107. The Morgan fingerprint density at radius 1 is 1.13 bits per heavy atom. The van der Waals surface area contributed by atoms with E-state index in [4.69, 9.17) is 10.5 Å². The molecular weight excluding hydrogens is 288 g/mol. The Bertz CT molecular complexity index is 626. The summed E-state index contributed by atoms with van der Waals surface area (Å²) < 4.78 is 6.00. The van der Waals surface area contributed by atoms with Crippen LogP contribution in [0.4, 0.5) is 11.5 Å². The molecule has 3 rings (SSSR count). The van der Waals surface area contributed by atoms with Crippen molar-refractivity contribution in [2.75, 3.05) is 11.1 Å². The summed E-state index contributed by atoms with van der Waals surface area (Å²) in [6.07, 6.45) is 7.60. The summed E-state index contributed by atoms with van der Waals surface area (Å²) >= 11 is 0. The first-order chi connectivity index (χ1) is 11.2. The lowest BCUT2D eigenvalue weighted by Crippen LogP contribution is -2.21. The summed E-state index contributed by atoms with van der Waals surface area (Å²) in [4.78, 5) is 8.49. The molecule has 1 heterocycles. The molecule has 5 heteroatoms. The minimum atomic E-state index is 0.107. The van der Waals surface area contributed by atoms with Crippen LogP contribution < -0.4 is 15.8 Å². The van der Waals surface area contributed by atoms with Gasteiger partial charge in [-0.3, -0.25) is 0 Å². The third kappa shape index (κ3) is 3.92. The third-order valence-electron chi connectivity index (χ3n) is 4.33. The smallest absolute Gasteiger partial charge is 0.242 e. The zero-order valence-corrected chi connectivity index (χ0v) is 13.5. The largest absolute Gasteiger partial charge is 0.473 e. The molecular formula is C18H24N4O. The SMILES string of the molecule is CC(Nc1ncnc(OC2CCCCC2)c1N)c1ccccc1. The Kier molecular flexibility index (Phi) is 4.95. The first kappa shape index (κ1) is 15.6. The molecule has 1 unspecified atom stereocenters. The van der Waals surface area contributed by atoms with Gasteiger partial charge in [-0.25, -0.2) is 4.98 Å². The Balaban J connectivity index is 1.71. The second kappa shape index (κ2) is 7.31. The van der Waals surface area contributed by atoms with E-state index in [1.54, 1.807) is 0 Å². The van der Waals surface area contributed by atoms with Crippen LogP contribution in [0.2, 0.25) is 0 Å². The lowest BCUT2D eigenvalue weighted by molar-refractivity contribution is 0.149. The van der Waals surface area contributed by atoms with Crippen LogP contribution in [-0.2, 0) is 0 Å². The van der Waals surface area contributed by atoms with Crippen LogP contribution in [0.3, 0.4) is 0 Å². The highest BCUT2D eigenvalue weighted by molar-refractivity contribution is 5.67. The van der Waals surface area contributed by atoms with Gasteiger partial charge in [-0.15, -0.1) is 0 Å². The minimum Gasteiger partial charge on any atom is -0.473 e. The number of hydrogen-bond donors (Lipinski definition) is 2. The van der Waals surface area contributed by atoms with Crippen LogP contribution >= 0.6 is 0 Å². The maximum absolute atomic E-state index is 6.21. The first-order valence-electron chi connectivity index (χ1n) is 8.32. The number of benzene rings is 1. The van der Waals surface area contributed by atoms with Crippen molar-refractivity contribution in [2.24, 2.45) is 0 Å². The van der Waals surface area contributed by atoms with Crippen LogP contribution in [0, 0.1) is 0 Å². The molecule has 0 spiro atoms. The summed E-state index contributed by atoms with van der Waals surface area (Å²) in [5, 5.41) is 3.35. The fourth-order valence-corrected chi connectivity index (χ4v) is 2.96. The molecule has 0 aliphatic heterocycles. The van der Waals surface area contributed by atoms with Gasteiger partial charge in [-0.1, -0.05) is 36.8 Å². The summed E-state index contributed by atoms with van der Waals surface area (Å²) in [6.45, 7) is 2.08. The fourth-order valence-electron chi connectivity index (χ4n) is 2.96. The van der Waals surface area contributed by atoms with E-state index in [0.717, 1.165) is 12.8 Å². The molecule has 5 nitrogen and oxygen atoms in total. The van der Waals surface area contributed by atoms with E-state index in [2.05, 4.69) is 34.3 Å². The topological polar surface area (TPSA) is 73.1 Å². The quantitative estimate of drug-likeness (QED) is 0.874. The lowest BCUT2D eigenvalue weighted by atomic mass is 9.98. The highest BCUT2D eigenvalue weighted by atomic mass is 16.5. The number of nitrogens with zero attached hydrogens (tertiary/aromatic N) is 2. The number of nitrogens with one attached hydrogen (secondary N) is 1. The van der Waals surface area contributed by atoms with Gasteiger partial charge in [0.15, 0.2) is 5.82 Å². The molecule has 1 aliphatic carbocycles. The van der Waals surface area contributed by atoms with Crippen molar-refractivity contribution in [2.45, 2.75) is 51.2 Å². The standard InChI is InChI=1S/C18H24N4O/c1-13(14-8-4-2-5-9-14)22-17-16(19)18(21-12-20-17)23-15-10-6-3-7-11-15/h2,4-5,8-9,12-13,15H,3,6-7,10-11,19H2,1H3,(H,20,21,22). The number of aromatic nitrogens is 2. The van der Waals surface area contributed by atoms with Gasteiger partial charge in [0.1, 0.15) is 18.1 Å². The predicted molar refractivity (Wildman–Crippen MR) is 92.4 cm³/mol. The fraction of sp³-hybridized carbons (Fsp3) is 0.444. The molecule has 0 radical (unpaired) electrons. The second-order valence-electron chi connectivity index (χ2n) is 6.10. The van der Waals surface area contributed by atoms with E-state index in [0.29, 0.717) is 17.4 Å². The van der Waals surface area contributed by atoms with E-state index in [9.17, 15) is 0 Å². The maximum Gasteiger partial charge on any atom is 0.242 e. The number of hydrogen-bond acceptors (Lipinski definition) is 5. The van der Waals surface area contributed by atoms with Gasteiger partial charge in [0, 0.05) is 0 Å². The Hall–Kier alpha value is -2.30. The second-order valence-corrected chi connectivity index (χ2v) is 6.10. The number of anilines is 2. The van der Waals surface area contributed by atoms with Gasteiger partial charge in [0.2, 0.25) is 5.88 Å². The first-order valence-corrected chi connectivity index (χ1v) is 8.32. The van der Waals surface area contributed by atoms with Crippen LogP contribution in [0.15, 0.2) is 36.7 Å². The van der Waals surface area contributed by atoms with Crippen LogP contribution in [-0.4, -0.2) is 16.1 Å². The van der Waals surface area contributed by atoms with Gasteiger partial charge in [0.25, 0.3) is 0 Å². The molecule has 1 fully saturated rings. The maximum atomic E-state index is 6.21. The highest BCUT2D eigenvalue weighted by Crippen LogP contribution is 2.30. The molecule has 0 amide bonds. The van der Waals surface area contributed by atoms with Crippen LogP contribution in [0.25, 0.3) is 0 Å². The van der Waals surface area contributed by atoms with E-state index in [-0.39, 0.29) is 12.1 Å². The molecule has 1 aliphatic rings. The Morgan fingerprint density at radius 2 is 1.87 bits per heavy atom. The monoisotopic (exact) mass is 312 g/mol. The third-order valence-corrected chi connectivity index (χ3v) is 4.33. The van der Waals surface area contributed by atoms with E-state index < -0.39 is 0 Å². The van der Waals surface area contributed by atoms with Crippen molar-refractivity contribution in [1.82, 2.24) is 9.97 Å². The molecule has 1 atom stereocenters. The van der Waals surface area contributed by atoms with Crippen molar-refractivity contribution in [3.63, 3.8) is 0 Å². The molecule has 3 N–H and O–H groups in total. The summed E-state index contributed by atoms with van der Waals surface area (Å²) in [6, 6.07) is 10.3. The van der Waals surface area contributed by atoms with Crippen molar-refractivity contribution in [3.8, 4) is 5.88 Å². The van der Waals surface area contributed by atoms with Crippen molar-refractivity contribution in [1.29, 1.82) is 0 Å². The summed E-state index contributed by atoms with van der Waals surface area (Å²) in [5.74, 6) is 1.12. The summed E-state index contributed by atoms with van der Waals surface area (Å²) in [5.41, 5.74) is 7.88. The molecule has 122 valence electrons. The molecule has 1 aromatic carbocycles. The van der Waals surface area contributed by atoms with Crippen LogP contribution in [0.1, 0.15) is 50.6 Å². The van der Waals surface area contributed by atoms with Gasteiger partial charge in [-0.05, 0) is 38.2 Å². The van der Waals surface area contributed by atoms with Gasteiger partial charge in [0.05, 0.1) is 6.04 Å². The normalized spacial score (nSPS) is 16.7. The average Bonchev–Trinajstić information content (AvgIpc) is 2.60. The highest BCUT2D eigenvalue weighted by Gasteiger charge is 2.19. The predicted octanol–water partition coefficient (Wildman–Crippen LogP) is 3.94. The molecule has 1 saturated carbocycles. The van der Waals surface area contributed by atoms with E-state index in [1.165, 1.54) is 31.2 Å². The lowest BCUT2D eigenvalue weighted by Gasteiger charge is -2.23. The molecule has 1 aromatic heterocycles. The zero-order valence-electron chi connectivity index (χ0n) is 13.5. The molecule has 0 bridgehead atoms. The van der Waals surface area contributed by atoms with Crippen LogP contribution in [0.5, 0.6) is 5.88 Å². The van der Waals surface area contributed by atoms with Gasteiger partial charge < -0.3 is 15.8 Å². The zero-order chi connectivity index (χ0) is 16.1. The van der Waals surface area contributed by atoms with E-state index >= 15 is 0 Å². The Labute approximate surface area is 137 Å². The van der Waals surface area contributed by atoms with Gasteiger partial charge in [-0.2, -0.15) is 4.98 Å². The van der Waals surface area contributed by atoms with Gasteiger partial charge >= 0.3 is 0 Å². The van der Waals surface area contributed by atoms with Crippen molar-refractivity contribution >= 4 is 11.5 Å². The number of nitrogen functional groups attached to an aromatic ring is 1. The molecule has 0 saturated heterocycles. The summed E-state index contributed by atoms with van der Waals surface area (Å²) in [7, 11) is 0. The number of ether oxygens (including phenoxy) is 1. The van der Waals surface area contributed by atoms with E-state index in [1.807, 2.05) is 18.2 Å². The van der Waals surface area contributed by atoms with Crippen molar-refractivity contribution in [3.05, 3.63) is 42.2 Å². The van der Waals surface area contributed by atoms with Crippen molar-refractivity contribution < 1.29 is 4.74 Å². The number of nitrogens with two attached hydrogens (primary N) is 1. The molecule has 2 aromatic rings. The molecule has 23 heavy (non-hydrogen) atoms. The Morgan fingerprint density at radius 3 is 2.61 bits per heavy atom. The average molecular weight is 312 g/mol.